The summed E-state index contributed by atoms with van der Waals surface area (Å²) in [6, 6.07) is 9.27. The molecule has 4 N–H and O–H groups in total. The van der Waals surface area contributed by atoms with E-state index in [1.807, 2.05) is 20.8 Å². The van der Waals surface area contributed by atoms with Crippen LogP contribution in [0.15, 0.2) is 46.8 Å². The van der Waals surface area contributed by atoms with E-state index < -0.39 is 29.3 Å². The maximum atomic E-state index is 12.6. The number of primary amides is 1. The zero-order valence-electron chi connectivity index (χ0n) is 35.2. The summed E-state index contributed by atoms with van der Waals surface area (Å²) in [5, 5.41) is 5.63. The largest absolute Gasteiger partial charge is 0.463 e. The fourth-order valence-electron chi connectivity index (χ4n) is 7.91. The molecule has 0 unspecified atom stereocenters. The molecular weight excluding hydrogens is 711 g/mol. The SMILES string of the molecule is CCOC(=O)C1=C(NC(=O)OC(C)(C)C)C[C@H]2c3cc(C)c(C)cc3CCN2C1.Cc1cc2c(cc1C)[C@@H]1CC(NC(=O)OC(C)(C)C)=C(C(N)=O)CN1CC2. The van der Waals surface area contributed by atoms with Crippen molar-refractivity contribution in [2.24, 2.45) is 5.73 Å². The second-order valence-corrected chi connectivity index (χ2v) is 17.4. The Kier molecular flexibility index (Phi) is 12.7. The molecule has 4 aliphatic heterocycles. The van der Waals surface area contributed by atoms with Crippen LogP contribution >= 0.6 is 0 Å². The molecule has 0 saturated heterocycles. The summed E-state index contributed by atoms with van der Waals surface area (Å²) in [5.74, 6) is -0.867. The minimum absolute atomic E-state index is 0.126. The van der Waals surface area contributed by atoms with Crippen LogP contribution in [0.4, 0.5) is 9.59 Å². The zero-order valence-corrected chi connectivity index (χ0v) is 35.2. The number of esters is 1. The van der Waals surface area contributed by atoms with E-state index in [0.717, 1.165) is 25.9 Å². The number of hydrogen-bond acceptors (Lipinski definition) is 9. The quantitative estimate of drug-likeness (QED) is 0.220. The molecule has 12 heteroatoms. The molecule has 0 saturated carbocycles. The summed E-state index contributed by atoms with van der Waals surface area (Å²) in [6.07, 6.45) is 1.89. The molecule has 0 radical (unpaired) electrons. The third kappa shape index (κ3) is 10.2. The van der Waals surface area contributed by atoms with E-state index in [-0.39, 0.29) is 18.1 Å². The lowest BCUT2D eigenvalue weighted by molar-refractivity contribution is -0.139. The highest BCUT2D eigenvalue weighted by molar-refractivity contribution is 5.94. The summed E-state index contributed by atoms with van der Waals surface area (Å²) in [7, 11) is 0. The van der Waals surface area contributed by atoms with Gasteiger partial charge < -0.3 is 19.9 Å². The summed E-state index contributed by atoms with van der Waals surface area (Å²) in [6.45, 7) is 24.1. The number of aryl methyl sites for hydroxylation is 4. The van der Waals surface area contributed by atoms with Crippen molar-refractivity contribution in [1.82, 2.24) is 20.4 Å². The van der Waals surface area contributed by atoms with E-state index in [1.165, 1.54) is 44.5 Å². The van der Waals surface area contributed by atoms with Crippen LogP contribution in [0.1, 0.15) is 118 Å². The second kappa shape index (κ2) is 16.8. The Morgan fingerprint density at radius 3 is 1.46 bits per heavy atom. The summed E-state index contributed by atoms with van der Waals surface area (Å²) in [5.41, 5.74) is 16.9. The first-order chi connectivity index (χ1) is 26.1. The molecule has 0 aliphatic carbocycles. The maximum absolute atomic E-state index is 12.6. The Hall–Kier alpha value is -4.68. The average Bonchev–Trinajstić information content (AvgIpc) is 3.07. The zero-order chi connectivity index (χ0) is 41.3. The highest BCUT2D eigenvalue weighted by atomic mass is 16.6. The molecule has 2 aromatic carbocycles. The number of rotatable bonds is 5. The number of ether oxygens (including phenoxy) is 3. The minimum Gasteiger partial charge on any atom is -0.463 e. The number of nitrogens with two attached hydrogens (primary N) is 1. The lowest BCUT2D eigenvalue weighted by atomic mass is 9.84. The predicted octanol–water partition coefficient (Wildman–Crippen LogP) is 6.82. The Bertz CT molecular complexity index is 1950. The van der Waals surface area contributed by atoms with E-state index >= 15 is 0 Å². The lowest BCUT2D eigenvalue weighted by Crippen LogP contribution is -2.45. The number of amides is 3. The first-order valence-corrected chi connectivity index (χ1v) is 19.7. The van der Waals surface area contributed by atoms with Crippen LogP contribution in [0, 0.1) is 27.7 Å². The molecule has 4 aliphatic rings. The highest BCUT2D eigenvalue weighted by Gasteiger charge is 2.38. The third-order valence-electron chi connectivity index (χ3n) is 10.8. The van der Waals surface area contributed by atoms with E-state index in [1.54, 1.807) is 27.7 Å². The van der Waals surface area contributed by atoms with Crippen molar-refractivity contribution in [3.05, 3.63) is 91.3 Å². The van der Waals surface area contributed by atoms with Crippen LogP contribution < -0.4 is 16.4 Å². The van der Waals surface area contributed by atoms with Crippen LogP contribution in [0.25, 0.3) is 0 Å². The number of carbonyl (C=O) groups is 4. The normalized spacial score (nSPS) is 19.6. The third-order valence-corrected chi connectivity index (χ3v) is 10.8. The predicted molar refractivity (Wildman–Crippen MR) is 216 cm³/mol. The van der Waals surface area contributed by atoms with Crippen LogP contribution in [0.5, 0.6) is 0 Å². The van der Waals surface area contributed by atoms with E-state index in [0.29, 0.717) is 55.1 Å². The molecule has 3 amide bonds. The monoisotopic (exact) mass is 771 g/mol. The van der Waals surface area contributed by atoms with Crippen molar-refractivity contribution in [2.75, 3.05) is 32.8 Å². The Labute approximate surface area is 332 Å². The Balaban J connectivity index is 0.000000215. The smallest absolute Gasteiger partial charge is 0.411 e. The van der Waals surface area contributed by atoms with Gasteiger partial charge in [0.25, 0.3) is 0 Å². The van der Waals surface area contributed by atoms with Gasteiger partial charge in [-0.3, -0.25) is 25.2 Å². The first kappa shape index (κ1) is 42.5. The van der Waals surface area contributed by atoms with Crippen molar-refractivity contribution in [2.45, 2.75) is 125 Å². The fourth-order valence-corrected chi connectivity index (χ4v) is 7.91. The van der Waals surface area contributed by atoms with Crippen molar-refractivity contribution < 1.29 is 33.4 Å². The maximum Gasteiger partial charge on any atom is 0.411 e. The number of hydrogen-bond donors (Lipinski definition) is 3. The highest BCUT2D eigenvalue weighted by Crippen LogP contribution is 2.41. The molecule has 2 aromatic rings. The second-order valence-electron chi connectivity index (χ2n) is 17.4. The van der Waals surface area contributed by atoms with E-state index in [4.69, 9.17) is 19.9 Å². The number of carbonyl (C=O) groups excluding carboxylic acids is 4. The number of alkyl carbamates (subject to hydrolysis) is 2. The summed E-state index contributed by atoms with van der Waals surface area (Å²) in [4.78, 5) is 53.9. The molecule has 12 nitrogen and oxygen atoms in total. The topological polar surface area (TPSA) is 153 Å². The Morgan fingerprint density at radius 1 is 0.679 bits per heavy atom. The molecule has 0 aromatic heterocycles. The Morgan fingerprint density at radius 2 is 1.07 bits per heavy atom. The fraction of sp³-hybridized carbons (Fsp3) is 0.545. The summed E-state index contributed by atoms with van der Waals surface area (Å²) >= 11 is 0. The van der Waals surface area contributed by atoms with Gasteiger partial charge in [0.15, 0.2) is 0 Å². The van der Waals surface area contributed by atoms with Gasteiger partial charge >= 0.3 is 18.2 Å². The molecule has 4 heterocycles. The van der Waals surface area contributed by atoms with Gasteiger partial charge in [0, 0.05) is 62.5 Å². The van der Waals surface area contributed by atoms with Crippen molar-refractivity contribution in [3.63, 3.8) is 0 Å². The number of nitrogens with one attached hydrogen (secondary N) is 2. The molecule has 304 valence electrons. The van der Waals surface area contributed by atoms with Crippen LogP contribution in [-0.4, -0.2) is 77.9 Å². The van der Waals surface area contributed by atoms with Crippen LogP contribution in [-0.2, 0) is 36.6 Å². The minimum atomic E-state index is -0.610. The number of nitrogens with zero attached hydrogens (tertiary/aromatic N) is 2. The standard InChI is InChI=1S/C23H32N2O4.C21H29N3O3/c1-7-28-21(26)18-13-25-9-8-16-10-14(2)15(3)11-17(16)20(25)12-19(18)24-22(27)29-23(4,5)6;1-12-8-14-6-7-24-11-16(19(22)25)17(23-20(26)27-21(3,4)5)10-18(24)15(14)9-13(12)2/h10-11,20H,7-9,12-13H2,1-6H3,(H,24,27);8-9,18H,6-7,10-11H2,1-5H3,(H2,22,25)(H,23,26)/t20-;18-/m00/s1. The summed E-state index contributed by atoms with van der Waals surface area (Å²) < 4.78 is 16.0. The lowest BCUT2D eigenvalue weighted by Gasteiger charge is -2.42. The van der Waals surface area contributed by atoms with Gasteiger partial charge in [-0.15, -0.1) is 0 Å². The first-order valence-electron chi connectivity index (χ1n) is 19.7. The van der Waals surface area contributed by atoms with Crippen molar-refractivity contribution >= 4 is 24.1 Å². The van der Waals surface area contributed by atoms with Gasteiger partial charge in [-0.25, -0.2) is 14.4 Å². The van der Waals surface area contributed by atoms with E-state index in [9.17, 15) is 19.2 Å². The molecular formula is C44H61N5O7. The van der Waals surface area contributed by atoms with Gasteiger partial charge in [-0.05, 0) is 134 Å². The van der Waals surface area contributed by atoms with Crippen molar-refractivity contribution in [3.8, 4) is 0 Å². The number of fused-ring (bicyclic) bond motifs is 6. The molecule has 0 bridgehead atoms. The van der Waals surface area contributed by atoms with E-state index in [2.05, 4.69) is 72.4 Å². The average molecular weight is 772 g/mol. The van der Waals surface area contributed by atoms with Gasteiger partial charge in [0.1, 0.15) is 11.2 Å². The number of benzene rings is 2. The molecule has 0 fully saturated rings. The van der Waals surface area contributed by atoms with Gasteiger partial charge in [0.05, 0.1) is 17.8 Å². The molecule has 0 spiro atoms. The van der Waals surface area contributed by atoms with Gasteiger partial charge in [-0.2, -0.15) is 0 Å². The van der Waals surface area contributed by atoms with Gasteiger partial charge in [0.2, 0.25) is 5.91 Å². The molecule has 2 atom stereocenters. The molecule has 6 rings (SSSR count). The van der Waals surface area contributed by atoms with Crippen LogP contribution in [0.3, 0.4) is 0 Å². The van der Waals surface area contributed by atoms with Gasteiger partial charge in [-0.1, -0.05) is 24.3 Å². The van der Waals surface area contributed by atoms with Crippen LogP contribution in [0.2, 0.25) is 0 Å². The van der Waals surface area contributed by atoms with Crippen molar-refractivity contribution in [1.29, 1.82) is 0 Å². The molecule has 56 heavy (non-hydrogen) atoms.